The van der Waals surface area contributed by atoms with Gasteiger partial charge < -0.3 is 14.2 Å². The second kappa shape index (κ2) is 13.1. The largest absolute Gasteiger partial charge is 0.492 e. The molecule has 1 amide bonds. The second-order valence-electron chi connectivity index (χ2n) is 6.48. The lowest BCUT2D eigenvalue weighted by Gasteiger charge is -2.14. The minimum atomic E-state index is -0.377. The van der Waals surface area contributed by atoms with E-state index in [-0.39, 0.29) is 11.9 Å². The predicted molar refractivity (Wildman–Crippen MR) is 128 cm³/mol. The van der Waals surface area contributed by atoms with Crippen LogP contribution >= 0.6 is 27.5 Å². The number of nitrogens with zero attached hydrogens (tertiary/aromatic N) is 1. The molecule has 1 heterocycles. The average molecular weight is 526 g/mol. The number of hydrazone groups is 1. The topological polar surface area (TPSA) is 86.2 Å². The first-order chi connectivity index (χ1) is 15.4. The van der Waals surface area contributed by atoms with E-state index in [2.05, 4.69) is 26.5 Å². The van der Waals surface area contributed by atoms with Gasteiger partial charge in [-0.15, -0.1) is 0 Å². The van der Waals surface area contributed by atoms with Gasteiger partial charge in [0.25, 0.3) is 0 Å². The Morgan fingerprint density at radius 2 is 1.78 bits per heavy atom. The number of carbonyl (C=O) groups excluding carboxylic acids is 2. The Kier molecular flexibility index (Phi) is 10.5. The zero-order valence-electron chi connectivity index (χ0n) is 18.2. The summed E-state index contributed by atoms with van der Waals surface area (Å²) in [6.07, 6.45) is 1.64. The fraction of sp³-hybridized carbons (Fsp3) is 0.348. The van der Waals surface area contributed by atoms with Crippen LogP contribution in [0.5, 0.6) is 17.2 Å². The number of benzene rings is 2. The van der Waals surface area contributed by atoms with Crippen LogP contribution in [0.15, 0.2) is 46.0 Å². The molecule has 0 saturated carbocycles. The van der Waals surface area contributed by atoms with Crippen molar-refractivity contribution in [3.05, 3.63) is 51.5 Å². The molecule has 2 aromatic rings. The molecule has 7 nitrogen and oxygen atoms in total. The third-order valence-corrected chi connectivity index (χ3v) is 5.05. The number of hydrogen-bond donors (Lipinski definition) is 1. The zero-order chi connectivity index (χ0) is 23.5. The molecule has 0 aromatic heterocycles. The Labute approximate surface area is 201 Å². The van der Waals surface area contributed by atoms with E-state index in [4.69, 9.17) is 25.8 Å². The first kappa shape index (κ1) is 25.7. The maximum Gasteiger partial charge on any atom is 0.308 e. The molecule has 2 aromatic carbocycles. The van der Waals surface area contributed by atoms with Crippen molar-refractivity contribution < 1.29 is 23.8 Å². The van der Waals surface area contributed by atoms with Gasteiger partial charge in [0.05, 0.1) is 28.4 Å². The minimum absolute atomic E-state index is 0.0839. The number of carbonyl (C=O) groups is 2. The van der Waals surface area contributed by atoms with Crippen LogP contribution in [0.4, 0.5) is 0 Å². The van der Waals surface area contributed by atoms with E-state index in [1.54, 1.807) is 30.3 Å². The van der Waals surface area contributed by atoms with Crippen molar-refractivity contribution in [1.29, 1.82) is 0 Å². The van der Waals surface area contributed by atoms with Crippen LogP contribution in [-0.4, -0.2) is 30.8 Å². The van der Waals surface area contributed by atoms with E-state index in [1.165, 1.54) is 6.92 Å². The van der Waals surface area contributed by atoms with Gasteiger partial charge in [0.2, 0.25) is 5.91 Å². The van der Waals surface area contributed by atoms with E-state index in [1.807, 2.05) is 19.9 Å². The van der Waals surface area contributed by atoms with E-state index in [0.717, 1.165) is 11.3 Å². The molecular weight excluding hydrogens is 500 g/mol. The maximum atomic E-state index is 11.2. The van der Waals surface area contributed by atoms with Gasteiger partial charge in [-0.3, -0.25) is 9.59 Å². The predicted octanol–water partition coefficient (Wildman–Crippen LogP) is 5.52. The van der Waals surface area contributed by atoms with Crippen molar-refractivity contribution in [2.75, 3.05) is 13.2 Å². The molecule has 0 saturated heterocycles. The number of amides is 1. The summed E-state index contributed by atoms with van der Waals surface area (Å²) >= 11 is 9.71. The lowest BCUT2D eigenvalue weighted by atomic mass is 10.0. The van der Waals surface area contributed by atoms with Crippen LogP contribution in [0.2, 0.25) is 5.02 Å². The van der Waals surface area contributed by atoms with Gasteiger partial charge in [0.15, 0.2) is 0 Å². The van der Waals surface area contributed by atoms with E-state index >= 15 is 0 Å². The quantitative estimate of drug-likeness (QED) is 0.279. The van der Waals surface area contributed by atoms with Crippen LogP contribution in [-0.2, 0) is 9.59 Å². The molecule has 172 valence electrons. The molecular formula is C23H26BrClN2O5. The lowest BCUT2D eigenvalue weighted by Crippen LogP contribution is -2.25. The van der Waals surface area contributed by atoms with Gasteiger partial charge >= 0.3 is 5.97 Å². The molecule has 0 unspecified atom stereocenters. The molecule has 9 heteroatoms. The van der Waals surface area contributed by atoms with Crippen LogP contribution in [0.1, 0.15) is 45.6 Å². The summed E-state index contributed by atoms with van der Waals surface area (Å²) in [5, 5.41) is 4.55. The average Bonchev–Trinajstić information content (AvgIpc) is 2.77. The number of nitrogens with one attached hydrogen (secondary N) is 1. The molecule has 32 heavy (non-hydrogen) atoms. The Hall–Kier alpha value is -2.58. The van der Waals surface area contributed by atoms with Crippen molar-refractivity contribution in [2.45, 2.75) is 40.0 Å². The van der Waals surface area contributed by atoms with Gasteiger partial charge in [-0.25, -0.2) is 5.43 Å². The normalized spacial score (nSPS) is 12.7. The van der Waals surface area contributed by atoms with Crippen LogP contribution in [0.3, 0.4) is 0 Å². The van der Waals surface area contributed by atoms with E-state index in [9.17, 15) is 9.59 Å². The molecule has 3 rings (SSSR count). The second-order valence-corrected chi connectivity index (χ2v) is 7.74. The molecule has 0 atom stereocenters. The van der Waals surface area contributed by atoms with Gasteiger partial charge in [-0.05, 0) is 57.9 Å². The van der Waals surface area contributed by atoms with Crippen LogP contribution in [0, 0.1) is 0 Å². The highest BCUT2D eigenvalue weighted by molar-refractivity contribution is 9.10. The van der Waals surface area contributed by atoms with Crippen molar-refractivity contribution in [2.24, 2.45) is 5.10 Å². The third kappa shape index (κ3) is 7.84. The van der Waals surface area contributed by atoms with Crippen molar-refractivity contribution in [1.82, 2.24) is 5.43 Å². The highest BCUT2D eigenvalue weighted by atomic mass is 79.9. The Morgan fingerprint density at radius 3 is 2.38 bits per heavy atom. The van der Waals surface area contributed by atoms with Crippen LogP contribution < -0.4 is 19.6 Å². The van der Waals surface area contributed by atoms with Gasteiger partial charge in [-0.2, -0.15) is 5.10 Å². The summed E-state index contributed by atoms with van der Waals surface area (Å²) in [6, 6.07) is 10.5. The summed E-state index contributed by atoms with van der Waals surface area (Å²) in [7, 11) is 0. The Bertz CT molecular complexity index is 981. The number of rotatable bonds is 8. The molecule has 0 aliphatic carbocycles. The first-order valence-corrected chi connectivity index (χ1v) is 11.5. The van der Waals surface area contributed by atoms with Crippen molar-refractivity contribution in [3.63, 3.8) is 0 Å². The third-order valence-electron chi connectivity index (χ3n) is 4.14. The highest BCUT2D eigenvalue weighted by Crippen LogP contribution is 2.30. The molecule has 0 radical (unpaired) electrons. The SMILES string of the molecule is CC.CC(=O)Oc1ccc(OCCCOc2ccc(C3=NNC(=O)CC3)cc2Cl)c(Br)c1. The number of halogens is 2. The molecule has 0 fully saturated rings. The molecule has 0 bridgehead atoms. The molecule has 1 N–H and O–H groups in total. The molecule has 1 aliphatic heterocycles. The van der Waals surface area contributed by atoms with Gasteiger partial charge in [0, 0.05) is 26.2 Å². The number of hydrogen-bond acceptors (Lipinski definition) is 6. The van der Waals surface area contributed by atoms with Crippen LogP contribution in [0.25, 0.3) is 0 Å². The van der Waals surface area contributed by atoms with E-state index in [0.29, 0.717) is 59.2 Å². The summed E-state index contributed by atoms with van der Waals surface area (Å²) in [4.78, 5) is 22.2. The molecule has 1 aliphatic rings. The minimum Gasteiger partial charge on any atom is -0.492 e. The lowest BCUT2D eigenvalue weighted by molar-refractivity contribution is -0.131. The summed E-state index contributed by atoms with van der Waals surface area (Å²) in [5.41, 5.74) is 4.13. The standard InChI is InChI=1S/C21H20BrClN2O5.C2H6/c1-13(26)30-15-4-7-19(16(22)12-15)28-9-2-10-29-20-6-3-14(11-17(20)23)18-5-8-21(27)25-24-18;1-2/h3-4,6-7,11-12H,2,5,8-10H2,1H3,(H,25,27);1-2H3. The fourth-order valence-electron chi connectivity index (χ4n) is 2.73. The number of ether oxygens (including phenoxy) is 3. The van der Waals surface area contributed by atoms with Crippen molar-refractivity contribution in [3.8, 4) is 17.2 Å². The zero-order valence-corrected chi connectivity index (χ0v) is 20.6. The summed E-state index contributed by atoms with van der Waals surface area (Å²) < 4.78 is 17.2. The maximum absolute atomic E-state index is 11.2. The van der Waals surface area contributed by atoms with E-state index < -0.39 is 0 Å². The monoisotopic (exact) mass is 524 g/mol. The van der Waals surface area contributed by atoms with Gasteiger partial charge in [-0.1, -0.05) is 25.4 Å². The number of esters is 1. The van der Waals surface area contributed by atoms with Crippen molar-refractivity contribution >= 4 is 45.1 Å². The fourth-order valence-corrected chi connectivity index (χ4v) is 3.44. The van der Waals surface area contributed by atoms with Gasteiger partial charge in [0.1, 0.15) is 17.2 Å². The summed E-state index contributed by atoms with van der Waals surface area (Å²) in [6.45, 7) is 6.22. The molecule has 0 spiro atoms. The highest BCUT2D eigenvalue weighted by Gasteiger charge is 2.14. The smallest absolute Gasteiger partial charge is 0.308 e. The Morgan fingerprint density at radius 1 is 1.09 bits per heavy atom. The summed E-state index contributed by atoms with van der Waals surface area (Å²) in [5.74, 6) is 1.21. The Balaban J connectivity index is 0.00000176. The first-order valence-electron chi connectivity index (χ1n) is 10.3.